The van der Waals surface area contributed by atoms with Gasteiger partial charge in [0.05, 0.1) is 11.4 Å². The molecule has 0 atom stereocenters. The molecule has 0 fully saturated rings. The SMILES string of the molecule is CCCc1sc(C(=O)N(CC)CC(=O)NC(C)(C)C)cc1CC. The summed E-state index contributed by atoms with van der Waals surface area (Å²) in [7, 11) is 0. The van der Waals surface area contributed by atoms with E-state index in [1.807, 2.05) is 33.8 Å². The molecule has 1 N–H and O–H groups in total. The van der Waals surface area contributed by atoms with Gasteiger partial charge in [0.1, 0.15) is 0 Å². The summed E-state index contributed by atoms with van der Waals surface area (Å²) in [4.78, 5) is 28.5. The fraction of sp³-hybridized carbons (Fsp3) is 0.667. The van der Waals surface area contributed by atoms with Gasteiger partial charge in [-0.2, -0.15) is 0 Å². The molecule has 130 valence electrons. The van der Waals surface area contributed by atoms with Gasteiger partial charge in [0.15, 0.2) is 0 Å². The molecule has 0 aliphatic carbocycles. The molecule has 4 nitrogen and oxygen atoms in total. The molecule has 0 saturated carbocycles. The van der Waals surface area contributed by atoms with Gasteiger partial charge >= 0.3 is 0 Å². The number of nitrogens with one attached hydrogen (secondary N) is 1. The standard InChI is InChI=1S/C18H30N2O2S/c1-7-10-14-13(8-2)11-15(23-14)17(22)20(9-3)12-16(21)19-18(4,5)6/h11H,7-10,12H2,1-6H3,(H,19,21). The van der Waals surface area contributed by atoms with Gasteiger partial charge in [-0.3, -0.25) is 9.59 Å². The van der Waals surface area contributed by atoms with E-state index >= 15 is 0 Å². The number of carbonyl (C=O) groups excluding carboxylic acids is 2. The van der Waals surface area contributed by atoms with Crippen LogP contribution in [-0.2, 0) is 17.6 Å². The molecule has 0 bridgehead atoms. The van der Waals surface area contributed by atoms with Gasteiger partial charge in [0.2, 0.25) is 5.91 Å². The van der Waals surface area contributed by atoms with Crippen molar-refractivity contribution in [1.29, 1.82) is 0 Å². The largest absolute Gasteiger partial charge is 0.350 e. The van der Waals surface area contributed by atoms with E-state index < -0.39 is 0 Å². The Labute approximate surface area is 144 Å². The van der Waals surface area contributed by atoms with Crippen molar-refractivity contribution >= 4 is 23.2 Å². The van der Waals surface area contributed by atoms with E-state index in [-0.39, 0.29) is 23.9 Å². The lowest BCUT2D eigenvalue weighted by atomic mass is 10.1. The lowest BCUT2D eigenvalue weighted by Crippen LogP contribution is -2.47. The van der Waals surface area contributed by atoms with Crippen LogP contribution >= 0.6 is 11.3 Å². The van der Waals surface area contributed by atoms with E-state index in [1.54, 1.807) is 16.2 Å². The van der Waals surface area contributed by atoms with Crippen LogP contribution in [0.15, 0.2) is 6.07 Å². The van der Waals surface area contributed by atoms with Gasteiger partial charge < -0.3 is 10.2 Å². The molecule has 0 spiro atoms. The molecule has 0 aliphatic rings. The maximum atomic E-state index is 12.7. The monoisotopic (exact) mass is 338 g/mol. The highest BCUT2D eigenvalue weighted by Gasteiger charge is 2.22. The second-order valence-electron chi connectivity index (χ2n) is 6.78. The molecule has 23 heavy (non-hydrogen) atoms. The summed E-state index contributed by atoms with van der Waals surface area (Å²) in [5.74, 6) is -0.160. The number of hydrogen-bond donors (Lipinski definition) is 1. The zero-order valence-corrected chi connectivity index (χ0v) is 16.1. The Bertz CT molecular complexity index is 544. The zero-order valence-electron chi connectivity index (χ0n) is 15.3. The van der Waals surface area contributed by atoms with Gasteiger partial charge in [-0.05, 0) is 52.2 Å². The minimum atomic E-state index is -0.286. The summed E-state index contributed by atoms with van der Waals surface area (Å²) < 4.78 is 0. The quantitative estimate of drug-likeness (QED) is 0.825. The highest BCUT2D eigenvalue weighted by atomic mass is 32.1. The second kappa shape index (κ2) is 8.48. The summed E-state index contributed by atoms with van der Waals surface area (Å²) in [6, 6.07) is 2.00. The van der Waals surface area contributed by atoms with Crippen LogP contribution in [-0.4, -0.2) is 35.3 Å². The van der Waals surface area contributed by atoms with Crippen LogP contribution in [0.3, 0.4) is 0 Å². The predicted octanol–water partition coefficient (Wildman–Crippen LogP) is 3.64. The summed E-state index contributed by atoms with van der Waals surface area (Å²) in [6.07, 6.45) is 3.03. The Morgan fingerprint density at radius 2 is 1.87 bits per heavy atom. The molecular weight excluding hydrogens is 308 g/mol. The average molecular weight is 339 g/mol. The number of nitrogens with zero attached hydrogens (tertiary/aromatic N) is 1. The minimum absolute atomic E-state index is 0.0430. The molecule has 0 aromatic carbocycles. The van der Waals surface area contributed by atoms with Crippen LogP contribution in [0.5, 0.6) is 0 Å². The first-order valence-corrected chi connectivity index (χ1v) is 9.25. The highest BCUT2D eigenvalue weighted by Crippen LogP contribution is 2.25. The molecule has 1 aromatic rings. The maximum absolute atomic E-state index is 12.7. The van der Waals surface area contributed by atoms with Gasteiger partial charge in [-0.1, -0.05) is 20.3 Å². The fourth-order valence-corrected chi connectivity index (χ4v) is 3.75. The van der Waals surface area contributed by atoms with Crippen molar-refractivity contribution in [3.05, 3.63) is 21.4 Å². The van der Waals surface area contributed by atoms with Crippen molar-refractivity contribution in [2.24, 2.45) is 0 Å². The van der Waals surface area contributed by atoms with Crippen LogP contribution in [0, 0.1) is 0 Å². The van der Waals surface area contributed by atoms with Gasteiger partial charge in [-0.25, -0.2) is 0 Å². The van der Waals surface area contributed by atoms with Gasteiger partial charge in [0, 0.05) is 17.0 Å². The predicted molar refractivity (Wildman–Crippen MR) is 97.2 cm³/mol. The Kier molecular flexibility index (Phi) is 7.26. The Balaban J connectivity index is 2.86. The number of hydrogen-bond acceptors (Lipinski definition) is 3. The molecule has 0 unspecified atom stereocenters. The first kappa shape index (κ1) is 19.7. The maximum Gasteiger partial charge on any atom is 0.264 e. The van der Waals surface area contributed by atoms with Crippen molar-refractivity contribution in [1.82, 2.24) is 10.2 Å². The number of aryl methyl sites for hydroxylation is 2. The number of amides is 2. The molecule has 0 radical (unpaired) electrons. The summed E-state index contributed by atoms with van der Waals surface area (Å²) in [5, 5.41) is 2.91. The molecule has 2 amide bonds. The van der Waals surface area contributed by atoms with Crippen molar-refractivity contribution in [2.75, 3.05) is 13.1 Å². The molecule has 0 saturated heterocycles. The van der Waals surface area contributed by atoms with Crippen LogP contribution in [0.2, 0.25) is 0 Å². The lowest BCUT2D eigenvalue weighted by molar-refractivity contribution is -0.123. The third-order valence-corrected chi connectivity index (χ3v) is 4.71. The van der Waals surface area contributed by atoms with E-state index in [0.717, 1.165) is 24.1 Å². The third-order valence-electron chi connectivity index (χ3n) is 3.48. The van der Waals surface area contributed by atoms with Crippen LogP contribution in [0.1, 0.15) is 68.1 Å². The average Bonchev–Trinajstić information content (AvgIpc) is 2.85. The van der Waals surface area contributed by atoms with Crippen LogP contribution < -0.4 is 5.32 Å². The summed E-state index contributed by atoms with van der Waals surface area (Å²) in [5.41, 5.74) is 0.974. The molecule has 1 heterocycles. The van der Waals surface area contributed by atoms with Crippen LogP contribution in [0.25, 0.3) is 0 Å². The lowest BCUT2D eigenvalue weighted by Gasteiger charge is -2.24. The highest BCUT2D eigenvalue weighted by molar-refractivity contribution is 7.14. The first-order valence-electron chi connectivity index (χ1n) is 8.43. The summed E-state index contributed by atoms with van der Waals surface area (Å²) in [6.45, 7) is 12.6. The van der Waals surface area contributed by atoms with Gasteiger partial charge in [0.25, 0.3) is 5.91 Å². The number of likely N-dealkylation sites (N-methyl/N-ethyl adjacent to an activating group) is 1. The third kappa shape index (κ3) is 5.98. The van der Waals surface area contributed by atoms with Crippen molar-refractivity contribution in [2.45, 2.75) is 66.3 Å². The normalized spacial score (nSPS) is 11.4. The summed E-state index contributed by atoms with van der Waals surface area (Å²) >= 11 is 1.58. The van der Waals surface area contributed by atoms with E-state index in [9.17, 15) is 9.59 Å². The zero-order chi connectivity index (χ0) is 17.6. The van der Waals surface area contributed by atoms with E-state index in [2.05, 4.69) is 19.2 Å². The Morgan fingerprint density at radius 1 is 1.22 bits per heavy atom. The fourth-order valence-electron chi connectivity index (χ4n) is 2.42. The van der Waals surface area contributed by atoms with E-state index in [4.69, 9.17) is 0 Å². The molecule has 1 rings (SSSR count). The first-order chi connectivity index (χ1) is 10.7. The molecule has 5 heteroatoms. The van der Waals surface area contributed by atoms with Crippen molar-refractivity contribution in [3.8, 4) is 0 Å². The van der Waals surface area contributed by atoms with E-state index in [0.29, 0.717) is 6.54 Å². The second-order valence-corrected chi connectivity index (χ2v) is 7.92. The molecular formula is C18H30N2O2S. The molecule has 1 aromatic heterocycles. The topological polar surface area (TPSA) is 49.4 Å². The van der Waals surface area contributed by atoms with Crippen molar-refractivity contribution < 1.29 is 9.59 Å². The molecule has 0 aliphatic heterocycles. The van der Waals surface area contributed by atoms with Gasteiger partial charge in [-0.15, -0.1) is 11.3 Å². The van der Waals surface area contributed by atoms with Crippen molar-refractivity contribution in [3.63, 3.8) is 0 Å². The van der Waals surface area contributed by atoms with E-state index in [1.165, 1.54) is 10.4 Å². The Hall–Kier alpha value is -1.36. The number of thiophene rings is 1. The van der Waals surface area contributed by atoms with Crippen LogP contribution in [0.4, 0.5) is 0 Å². The number of rotatable bonds is 7. The smallest absolute Gasteiger partial charge is 0.264 e. The minimum Gasteiger partial charge on any atom is -0.350 e. The Morgan fingerprint density at radius 3 is 2.35 bits per heavy atom. The number of carbonyl (C=O) groups is 2.